The minimum Gasteiger partial charge on any atom is -0.333 e. The Morgan fingerprint density at radius 1 is 1.35 bits per heavy atom. The molecular formula is C10H8Cl2N6O2. The summed E-state index contributed by atoms with van der Waals surface area (Å²) in [5, 5.41) is 14.2. The second kappa shape index (κ2) is 5.87. The lowest BCUT2D eigenvalue weighted by Crippen LogP contribution is -2.12. The van der Waals surface area contributed by atoms with E-state index in [0.29, 0.717) is 10.7 Å². The molecule has 0 aliphatic carbocycles. The van der Waals surface area contributed by atoms with Gasteiger partial charge >= 0.3 is 5.69 Å². The second-order valence-corrected chi connectivity index (χ2v) is 4.34. The van der Waals surface area contributed by atoms with E-state index in [1.54, 1.807) is 18.2 Å². The van der Waals surface area contributed by atoms with Crippen molar-refractivity contribution < 1.29 is 4.92 Å². The third-order valence-corrected chi connectivity index (χ3v) is 3.12. The van der Waals surface area contributed by atoms with Crippen molar-refractivity contribution in [3.63, 3.8) is 0 Å². The predicted molar refractivity (Wildman–Crippen MR) is 76.2 cm³/mol. The standard InChI is InChI=1S/C10H8Cl2N6O2/c11-5-2-1-3-6(8(5)12)15-9-7(18(19)20)4-14-10(16-9)17-13/h1-4H,13H2,(H2,14,15,16,17). The highest BCUT2D eigenvalue weighted by atomic mass is 35.5. The van der Waals surface area contributed by atoms with Gasteiger partial charge in [-0.2, -0.15) is 4.98 Å². The maximum absolute atomic E-state index is 10.9. The number of hydrogen-bond donors (Lipinski definition) is 3. The Bertz CT molecular complexity index is 666. The van der Waals surface area contributed by atoms with E-state index in [1.165, 1.54) is 0 Å². The monoisotopic (exact) mass is 314 g/mol. The molecule has 0 spiro atoms. The largest absolute Gasteiger partial charge is 0.333 e. The zero-order chi connectivity index (χ0) is 14.7. The summed E-state index contributed by atoms with van der Waals surface area (Å²) < 4.78 is 0. The van der Waals surface area contributed by atoms with Crippen molar-refractivity contribution in [2.45, 2.75) is 0 Å². The molecule has 104 valence electrons. The van der Waals surface area contributed by atoms with Crippen molar-refractivity contribution in [3.05, 3.63) is 44.6 Å². The summed E-state index contributed by atoms with van der Waals surface area (Å²) in [6.07, 6.45) is 1.03. The van der Waals surface area contributed by atoms with E-state index in [0.717, 1.165) is 6.20 Å². The molecule has 1 aromatic heterocycles. The lowest BCUT2D eigenvalue weighted by atomic mass is 10.3. The van der Waals surface area contributed by atoms with Crippen LogP contribution in [0.1, 0.15) is 0 Å². The zero-order valence-electron chi connectivity index (χ0n) is 9.80. The number of halogens is 2. The quantitative estimate of drug-likeness (QED) is 0.451. The van der Waals surface area contributed by atoms with E-state index < -0.39 is 4.92 Å². The van der Waals surface area contributed by atoms with Crippen LogP contribution in [0.15, 0.2) is 24.4 Å². The molecule has 0 saturated heterocycles. The molecule has 10 heteroatoms. The fraction of sp³-hybridized carbons (Fsp3) is 0. The van der Waals surface area contributed by atoms with Gasteiger partial charge < -0.3 is 5.32 Å². The van der Waals surface area contributed by atoms with E-state index in [2.05, 4.69) is 20.7 Å². The molecule has 2 rings (SSSR count). The minimum absolute atomic E-state index is 0.0243. The number of nitrogens with two attached hydrogens (primary N) is 1. The molecule has 4 N–H and O–H groups in total. The highest BCUT2D eigenvalue weighted by Gasteiger charge is 2.18. The van der Waals surface area contributed by atoms with Crippen molar-refractivity contribution in [1.82, 2.24) is 9.97 Å². The first-order valence-corrected chi connectivity index (χ1v) is 5.97. The Balaban J connectivity index is 2.46. The molecule has 1 aromatic carbocycles. The summed E-state index contributed by atoms with van der Waals surface area (Å²) in [4.78, 5) is 17.9. The van der Waals surface area contributed by atoms with Crippen molar-refractivity contribution in [2.24, 2.45) is 5.84 Å². The molecule has 0 radical (unpaired) electrons. The van der Waals surface area contributed by atoms with Gasteiger partial charge in [-0.25, -0.2) is 10.8 Å². The Morgan fingerprint density at radius 2 is 2.10 bits per heavy atom. The van der Waals surface area contributed by atoms with Crippen LogP contribution in [-0.4, -0.2) is 14.9 Å². The molecule has 8 nitrogen and oxygen atoms in total. The number of rotatable bonds is 4. The minimum atomic E-state index is -0.624. The van der Waals surface area contributed by atoms with Gasteiger partial charge in [-0.3, -0.25) is 15.5 Å². The van der Waals surface area contributed by atoms with Gasteiger partial charge in [-0.1, -0.05) is 29.3 Å². The fourth-order valence-corrected chi connectivity index (χ4v) is 1.75. The SMILES string of the molecule is NNc1ncc([N+](=O)[O-])c(Nc2cccc(Cl)c2Cl)n1. The van der Waals surface area contributed by atoms with Crippen LogP contribution in [0.3, 0.4) is 0 Å². The first-order valence-electron chi connectivity index (χ1n) is 5.22. The van der Waals surface area contributed by atoms with Crippen LogP contribution in [0, 0.1) is 10.1 Å². The number of nitro groups is 1. The van der Waals surface area contributed by atoms with E-state index in [1.807, 2.05) is 0 Å². The van der Waals surface area contributed by atoms with E-state index in [-0.39, 0.29) is 22.5 Å². The molecule has 0 aliphatic rings. The van der Waals surface area contributed by atoms with Crippen LogP contribution in [-0.2, 0) is 0 Å². The highest BCUT2D eigenvalue weighted by molar-refractivity contribution is 6.43. The van der Waals surface area contributed by atoms with Gasteiger partial charge in [0.25, 0.3) is 0 Å². The molecule has 2 aromatic rings. The number of benzene rings is 1. The van der Waals surface area contributed by atoms with Gasteiger partial charge in [0.1, 0.15) is 6.20 Å². The summed E-state index contributed by atoms with van der Waals surface area (Å²) in [6.45, 7) is 0. The number of hydrogen-bond acceptors (Lipinski definition) is 7. The first kappa shape index (κ1) is 14.3. The fourth-order valence-electron chi connectivity index (χ4n) is 1.40. The zero-order valence-corrected chi connectivity index (χ0v) is 11.3. The first-order chi connectivity index (χ1) is 9.52. The maximum atomic E-state index is 10.9. The molecule has 0 amide bonds. The van der Waals surface area contributed by atoms with E-state index >= 15 is 0 Å². The van der Waals surface area contributed by atoms with Crippen molar-refractivity contribution in [1.29, 1.82) is 0 Å². The number of hydrazine groups is 1. The predicted octanol–water partition coefficient (Wildman–Crippen LogP) is 2.72. The Labute approximate surface area is 123 Å². The highest BCUT2D eigenvalue weighted by Crippen LogP contribution is 2.33. The van der Waals surface area contributed by atoms with Crippen LogP contribution in [0.5, 0.6) is 0 Å². The van der Waals surface area contributed by atoms with Gasteiger partial charge in [0, 0.05) is 0 Å². The molecule has 0 bridgehead atoms. The topological polar surface area (TPSA) is 119 Å². The van der Waals surface area contributed by atoms with Gasteiger partial charge in [0.2, 0.25) is 11.8 Å². The number of nitrogens with one attached hydrogen (secondary N) is 2. The normalized spacial score (nSPS) is 10.2. The summed E-state index contributed by atoms with van der Waals surface area (Å²) in [7, 11) is 0. The Kier molecular flexibility index (Phi) is 4.18. The third-order valence-electron chi connectivity index (χ3n) is 2.30. The molecule has 0 unspecified atom stereocenters. The Hall–Kier alpha value is -2.16. The lowest BCUT2D eigenvalue weighted by molar-refractivity contribution is -0.384. The summed E-state index contributed by atoms with van der Waals surface area (Å²) in [5.74, 6) is 5.14. The molecule has 1 heterocycles. The molecular weight excluding hydrogens is 307 g/mol. The average molecular weight is 315 g/mol. The number of aromatic nitrogens is 2. The lowest BCUT2D eigenvalue weighted by Gasteiger charge is -2.09. The van der Waals surface area contributed by atoms with E-state index in [4.69, 9.17) is 29.0 Å². The van der Waals surface area contributed by atoms with Gasteiger partial charge in [-0.05, 0) is 12.1 Å². The maximum Gasteiger partial charge on any atom is 0.329 e. The smallest absolute Gasteiger partial charge is 0.329 e. The number of nitrogens with zero attached hydrogens (tertiary/aromatic N) is 3. The van der Waals surface area contributed by atoms with Crippen molar-refractivity contribution in [3.8, 4) is 0 Å². The summed E-state index contributed by atoms with van der Waals surface area (Å²) in [6, 6.07) is 4.84. The van der Waals surface area contributed by atoms with Crippen molar-refractivity contribution >= 4 is 46.3 Å². The Morgan fingerprint density at radius 3 is 2.75 bits per heavy atom. The molecule has 0 fully saturated rings. The number of nitrogen functional groups attached to an aromatic ring is 1. The van der Waals surface area contributed by atoms with Crippen LogP contribution in [0.2, 0.25) is 10.0 Å². The molecule has 0 atom stereocenters. The summed E-state index contributed by atoms with van der Waals surface area (Å²) >= 11 is 11.9. The van der Waals surface area contributed by atoms with Gasteiger partial charge in [-0.15, -0.1) is 0 Å². The number of anilines is 3. The summed E-state index contributed by atoms with van der Waals surface area (Å²) in [5.41, 5.74) is 2.26. The second-order valence-electron chi connectivity index (χ2n) is 3.56. The van der Waals surface area contributed by atoms with Crippen LogP contribution >= 0.6 is 23.2 Å². The van der Waals surface area contributed by atoms with Gasteiger partial charge in [0.05, 0.1) is 20.7 Å². The van der Waals surface area contributed by atoms with Gasteiger partial charge in [0.15, 0.2) is 0 Å². The molecule has 0 aliphatic heterocycles. The van der Waals surface area contributed by atoms with Crippen LogP contribution in [0.25, 0.3) is 0 Å². The van der Waals surface area contributed by atoms with Crippen LogP contribution in [0.4, 0.5) is 23.1 Å². The van der Waals surface area contributed by atoms with Crippen LogP contribution < -0.4 is 16.6 Å². The van der Waals surface area contributed by atoms with Crippen molar-refractivity contribution in [2.75, 3.05) is 10.7 Å². The molecule has 0 saturated carbocycles. The molecule has 20 heavy (non-hydrogen) atoms. The van der Waals surface area contributed by atoms with E-state index in [9.17, 15) is 10.1 Å². The third kappa shape index (κ3) is 2.87. The average Bonchev–Trinajstić information content (AvgIpc) is 2.43.